The largest absolute Gasteiger partial charge is 0.345 e. The SMILES string of the molecule is CC1=CC(N(C)c2ccc(N(C)c3ccccc3)cc2)=CCC=C1.Cc1ccccc1. The summed E-state index contributed by atoms with van der Waals surface area (Å²) in [5.41, 5.74) is 7.41. The molecule has 4 rings (SSSR count). The lowest BCUT2D eigenvalue weighted by Crippen LogP contribution is -2.15. The second-order valence-electron chi connectivity index (χ2n) is 7.78. The summed E-state index contributed by atoms with van der Waals surface area (Å²) in [5.74, 6) is 0. The molecule has 1 aliphatic rings. The number of para-hydroxylation sites is 1. The molecule has 0 spiro atoms. The van der Waals surface area contributed by atoms with Crippen LogP contribution >= 0.6 is 0 Å². The van der Waals surface area contributed by atoms with Gasteiger partial charge < -0.3 is 9.80 Å². The van der Waals surface area contributed by atoms with Crippen LogP contribution in [0.1, 0.15) is 18.9 Å². The van der Waals surface area contributed by atoms with Crippen molar-refractivity contribution in [3.05, 3.63) is 126 Å². The molecule has 2 nitrogen and oxygen atoms in total. The Balaban J connectivity index is 0.000000330. The zero-order valence-electron chi connectivity index (χ0n) is 19.0. The van der Waals surface area contributed by atoms with E-state index in [0.29, 0.717) is 0 Å². The van der Waals surface area contributed by atoms with E-state index < -0.39 is 0 Å². The lowest BCUT2D eigenvalue weighted by molar-refractivity contribution is 1.11. The van der Waals surface area contributed by atoms with Crippen molar-refractivity contribution in [1.29, 1.82) is 0 Å². The average Bonchev–Trinajstić information content (AvgIpc) is 3.04. The van der Waals surface area contributed by atoms with Crippen molar-refractivity contribution in [2.75, 3.05) is 23.9 Å². The minimum Gasteiger partial charge on any atom is -0.345 e. The van der Waals surface area contributed by atoms with E-state index in [1.54, 1.807) is 0 Å². The Morgan fingerprint density at radius 1 is 0.613 bits per heavy atom. The Morgan fingerprint density at radius 2 is 1.13 bits per heavy atom. The Hall–Kier alpha value is -3.52. The molecule has 0 amide bonds. The van der Waals surface area contributed by atoms with Crippen LogP contribution in [0, 0.1) is 6.92 Å². The Bertz CT molecular complexity index is 1030. The van der Waals surface area contributed by atoms with Crippen LogP contribution in [0.15, 0.2) is 121 Å². The van der Waals surface area contributed by atoms with Crippen LogP contribution in [0.25, 0.3) is 0 Å². The fourth-order valence-corrected chi connectivity index (χ4v) is 3.40. The quantitative estimate of drug-likeness (QED) is 0.437. The van der Waals surface area contributed by atoms with Crippen LogP contribution in [0.4, 0.5) is 17.1 Å². The molecular formula is C29H32N2. The average molecular weight is 409 g/mol. The molecule has 158 valence electrons. The van der Waals surface area contributed by atoms with Gasteiger partial charge in [0, 0.05) is 36.9 Å². The molecule has 0 saturated heterocycles. The Morgan fingerprint density at radius 3 is 1.68 bits per heavy atom. The summed E-state index contributed by atoms with van der Waals surface area (Å²) in [5, 5.41) is 0. The maximum Gasteiger partial charge on any atom is 0.0409 e. The van der Waals surface area contributed by atoms with Gasteiger partial charge in [-0.1, -0.05) is 72.3 Å². The molecule has 0 bridgehead atoms. The molecule has 0 fully saturated rings. The van der Waals surface area contributed by atoms with Crippen LogP contribution in [-0.4, -0.2) is 14.1 Å². The van der Waals surface area contributed by atoms with Crippen molar-refractivity contribution in [2.24, 2.45) is 0 Å². The second-order valence-corrected chi connectivity index (χ2v) is 7.78. The minimum atomic E-state index is 0.975. The molecule has 1 aliphatic carbocycles. The third-order valence-corrected chi connectivity index (χ3v) is 5.31. The molecule has 0 atom stereocenters. The molecule has 0 aromatic heterocycles. The van der Waals surface area contributed by atoms with Crippen molar-refractivity contribution in [3.63, 3.8) is 0 Å². The highest BCUT2D eigenvalue weighted by Crippen LogP contribution is 2.27. The van der Waals surface area contributed by atoms with Gasteiger partial charge >= 0.3 is 0 Å². The maximum absolute atomic E-state index is 2.26. The number of hydrogen-bond acceptors (Lipinski definition) is 2. The number of rotatable bonds is 4. The van der Waals surface area contributed by atoms with E-state index in [-0.39, 0.29) is 0 Å². The van der Waals surface area contributed by atoms with Crippen LogP contribution in [-0.2, 0) is 0 Å². The molecule has 0 aliphatic heterocycles. The van der Waals surface area contributed by atoms with Gasteiger partial charge in [-0.25, -0.2) is 0 Å². The summed E-state index contributed by atoms with van der Waals surface area (Å²) in [4.78, 5) is 4.44. The van der Waals surface area contributed by atoms with E-state index in [9.17, 15) is 0 Å². The summed E-state index contributed by atoms with van der Waals surface area (Å²) in [7, 11) is 4.22. The van der Waals surface area contributed by atoms with Crippen LogP contribution in [0.3, 0.4) is 0 Å². The molecule has 0 saturated carbocycles. The van der Waals surface area contributed by atoms with Gasteiger partial charge in [0.1, 0.15) is 0 Å². The third-order valence-electron chi connectivity index (χ3n) is 5.31. The molecule has 0 N–H and O–H groups in total. The van der Waals surface area contributed by atoms with Gasteiger partial charge in [0.15, 0.2) is 0 Å². The lowest BCUT2D eigenvalue weighted by Gasteiger charge is -2.23. The predicted octanol–water partition coefficient (Wildman–Crippen LogP) is 7.68. The van der Waals surface area contributed by atoms with Gasteiger partial charge in [0.2, 0.25) is 0 Å². The smallest absolute Gasteiger partial charge is 0.0409 e. The maximum atomic E-state index is 2.26. The fourth-order valence-electron chi connectivity index (χ4n) is 3.40. The van der Waals surface area contributed by atoms with Crippen LogP contribution < -0.4 is 9.80 Å². The van der Waals surface area contributed by atoms with E-state index in [2.05, 4.69) is 123 Å². The fraction of sp³-hybridized carbons (Fsp3) is 0.172. The number of aryl methyl sites for hydroxylation is 1. The van der Waals surface area contributed by atoms with Crippen LogP contribution in [0.2, 0.25) is 0 Å². The summed E-state index contributed by atoms with van der Waals surface area (Å²) < 4.78 is 0. The number of nitrogens with zero attached hydrogens (tertiary/aromatic N) is 2. The first-order valence-corrected chi connectivity index (χ1v) is 10.7. The van der Waals surface area contributed by atoms with E-state index in [1.807, 2.05) is 24.3 Å². The first-order valence-electron chi connectivity index (χ1n) is 10.7. The second kappa shape index (κ2) is 11.0. The first-order chi connectivity index (χ1) is 15.0. The van der Waals surface area contributed by atoms with E-state index in [0.717, 1.165) is 6.42 Å². The highest BCUT2D eigenvalue weighted by atomic mass is 15.1. The van der Waals surface area contributed by atoms with Crippen LogP contribution in [0.5, 0.6) is 0 Å². The highest BCUT2D eigenvalue weighted by Gasteiger charge is 2.08. The molecule has 3 aromatic rings. The number of benzene rings is 3. The van der Waals surface area contributed by atoms with Gasteiger partial charge in [0.05, 0.1) is 0 Å². The summed E-state index contributed by atoms with van der Waals surface area (Å²) in [6.07, 6.45) is 9.84. The number of likely N-dealkylation sites (N-methyl/N-ethyl adjacent to an activating group) is 1. The van der Waals surface area contributed by atoms with Crippen molar-refractivity contribution in [1.82, 2.24) is 0 Å². The normalized spacial score (nSPS) is 12.6. The van der Waals surface area contributed by atoms with E-state index in [4.69, 9.17) is 0 Å². The molecule has 2 heteroatoms. The van der Waals surface area contributed by atoms with E-state index >= 15 is 0 Å². The van der Waals surface area contributed by atoms with Gasteiger partial charge in [-0.05, 0) is 68.3 Å². The number of hydrogen-bond donors (Lipinski definition) is 0. The molecular weight excluding hydrogens is 376 g/mol. The number of allylic oxidation sites excluding steroid dienone is 5. The monoisotopic (exact) mass is 408 g/mol. The van der Waals surface area contributed by atoms with Crippen molar-refractivity contribution < 1.29 is 0 Å². The topological polar surface area (TPSA) is 6.48 Å². The summed E-state index contributed by atoms with van der Waals surface area (Å²) in [6, 6.07) is 29.4. The summed E-state index contributed by atoms with van der Waals surface area (Å²) in [6.45, 7) is 4.22. The Kier molecular flexibility index (Phi) is 7.89. The molecule has 0 unspecified atom stereocenters. The van der Waals surface area contributed by atoms with Crippen molar-refractivity contribution in [2.45, 2.75) is 20.3 Å². The van der Waals surface area contributed by atoms with Crippen molar-refractivity contribution in [3.8, 4) is 0 Å². The minimum absolute atomic E-state index is 0.975. The Labute approximate surface area is 187 Å². The standard InChI is InChI=1S/C22H24N2.C7H8/c1-18-9-7-8-12-22(17-18)24(3)21-15-13-20(14-16-21)23(2)19-10-5-4-6-11-19;1-7-5-3-2-4-6-7/h4-7,9-17H,8H2,1-3H3;2-6H,1H3. The summed E-state index contributed by atoms with van der Waals surface area (Å²) >= 11 is 0. The molecule has 0 radical (unpaired) electrons. The number of anilines is 3. The van der Waals surface area contributed by atoms with Gasteiger partial charge in [0.25, 0.3) is 0 Å². The van der Waals surface area contributed by atoms with E-state index in [1.165, 1.54) is 33.9 Å². The molecule has 0 heterocycles. The van der Waals surface area contributed by atoms with Crippen molar-refractivity contribution >= 4 is 17.1 Å². The molecule has 3 aromatic carbocycles. The predicted molar refractivity (Wildman–Crippen MR) is 136 cm³/mol. The highest BCUT2D eigenvalue weighted by molar-refractivity contribution is 5.66. The molecule has 31 heavy (non-hydrogen) atoms. The van der Waals surface area contributed by atoms with Gasteiger partial charge in [-0.15, -0.1) is 0 Å². The zero-order valence-corrected chi connectivity index (χ0v) is 19.0. The van der Waals surface area contributed by atoms with Gasteiger partial charge in [-0.3, -0.25) is 0 Å². The first kappa shape index (κ1) is 22.2. The lowest BCUT2D eigenvalue weighted by atomic mass is 10.2. The zero-order chi connectivity index (χ0) is 22.1. The van der Waals surface area contributed by atoms with Gasteiger partial charge in [-0.2, -0.15) is 0 Å². The third kappa shape index (κ3) is 6.48.